The highest BCUT2D eigenvalue weighted by Gasteiger charge is 2.14. The zero-order valence-corrected chi connectivity index (χ0v) is 11.1. The molecule has 0 radical (unpaired) electrons. The zero-order chi connectivity index (χ0) is 11.3. The van der Waals surface area contributed by atoms with E-state index in [2.05, 4.69) is 15.9 Å². The molecule has 0 aliphatic carbocycles. The summed E-state index contributed by atoms with van der Waals surface area (Å²) in [7, 11) is 0. The highest BCUT2D eigenvalue weighted by molar-refractivity contribution is 9.10. The first-order valence-corrected chi connectivity index (χ1v) is 6.39. The van der Waals surface area contributed by atoms with Gasteiger partial charge in [-0.25, -0.2) is 0 Å². The average molecular weight is 289 g/mol. The van der Waals surface area contributed by atoms with Crippen LogP contribution in [0.2, 0.25) is 0 Å². The molecule has 0 fully saturated rings. The molecule has 15 heavy (non-hydrogen) atoms. The molecule has 0 saturated heterocycles. The Bertz CT molecular complexity index is 341. The molecule has 0 aromatic heterocycles. The van der Waals surface area contributed by atoms with Crippen LogP contribution in [0.3, 0.4) is 0 Å². The Morgan fingerprint density at radius 3 is 2.93 bits per heavy atom. The van der Waals surface area contributed by atoms with Gasteiger partial charge in [0.1, 0.15) is 5.25 Å². The first-order valence-electron chi connectivity index (χ1n) is 4.72. The molecule has 0 aliphatic heterocycles. The highest BCUT2D eigenvalue weighted by Crippen LogP contribution is 2.26. The summed E-state index contributed by atoms with van der Waals surface area (Å²) in [6.45, 7) is 4.10. The van der Waals surface area contributed by atoms with Crippen molar-refractivity contribution in [1.82, 2.24) is 0 Å². The van der Waals surface area contributed by atoms with Crippen molar-refractivity contribution in [3.8, 4) is 0 Å². The Labute approximate surface area is 103 Å². The summed E-state index contributed by atoms with van der Waals surface area (Å²) in [4.78, 5) is 12.4. The van der Waals surface area contributed by atoms with Crippen molar-refractivity contribution in [3.05, 3.63) is 28.7 Å². The van der Waals surface area contributed by atoms with Gasteiger partial charge in [-0.3, -0.25) is 4.79 Å². The van der Waals surface area contributed by atoms with Crippen LogP contribution in [0, 0.1) is 0 Å². The van der Waals surface area contributed by atoms with Crippen LogP contribution in [-0.2, 0) is 9.53 Å². The van der Waals surface area contributed by atoms with E-state index < -0.39 is 0 Å². The van der Waals surface area contributed by atoms with E-state index in [1.165, 1.54) is 11.8 Å². The van der Waals surface area contributed by atoms with Gasteiger partial charge in [0.05, 0.1) is 6.61 Å². The van der Waals surface area contributed by atoms with Crippen LogP contribution in [0.4, 0.5) is 0 Å². The quantitative estimate of drug-likeness (QED) is 0.627. The van der Waals surface area contributed by atoms with E-state index in [1.807, 2.05) is 38.1 Å². The maximum atomic E-state index is 11.4. The fraction of sp³-hybridized carbons (Fsp3) is 0.364. The van der Waals surface area contributed by atoms with Crippen molar-refractivity contribution in [2.75, 3.05) is 6.61 Å². The van der Waals surface area contributed by atoms with Crippen LogP contribution in [0.15, 0.2) is 33.6 Å². The number of carbonyl (C=O) groups is 1. The standard InChI is InChI=1S/C11H13BrO2S/c1-3-14-11(13)8(2)15-10-6-4-5-9(12)7-10/h4-8H,3H2,1-2H3. The first-order chi connectivity index (χ1) is 7.13. The van der Waals surface area contributed by atoms with Gasteiger partial charge < -0.3 is 4.74 Å². The minimum Gasteiger partial charge on any atom is -0.465 e. The van der Waals surface area contributed by atoms with Crippen molar-refractivity contribution in [3.63, 3.8) is 0 Å². The highest BCUT2D eigenvalue weighted by atomic mass is 79.9. The van der Waals surface area contributed by atoms with E-state index in [-0.39, 0.29) is 11.2 Å². The molecule has 0 N–H and O–H groups in total. The largest absolute Gasteiger partial charge is 0.465 e. The molecular formula is C11H13BrO2S. The van der Waals surface area contributed by atoms with Gasteiger partial charge in [0.15, 0.2) is 0 Å². The second-order valence-corrected chi connectivity index (χ2v) is 5.30. The van der Waals surface area contributed by atoms with E-state index in [9.17, 15) is 4.79 Å². The molecule has 1 aromatic rings. The number of carbonyl (C=O) groups excluding carboxylic acids is 1. The van der Waals surface area contributed by atoms with E-state index >= 15 is 0 Å². The minimum atomic E-state index is -0.167. The third-order valence-corrected chi connectivity index (χ3v) is 3.29. The summed E-state index contributed by atoms with van der Waals surface area (Å²) in [5, 5.41) is -0.167. The molecule has 0 saturated carbocycles. The van der Waals surface area contributed by atoms with Crippen LogP contribution in [0.5, 0.6) is 0 Å². The van der Waals surface area contributed by atoms with Crippen molar-refractivity contribution in [2.45, 2.75) is 24.0 Å². The Hall–Kier alpha value is -0.480. The van der Waals surface area contributed by atoms with Gasteiger partial charge in [-0.05, 0) is 32.0 Å². The minimum absolute atomic E-state index is 0.164. The SMILES string of the molecule is CCOC(=O)C(C)Sc1cccc(Br)c1. The van der Waals surface area contributed by atoms with Crippen molar-refractivity contribution in [1.29, 1.82) is 0 Å². The topological polar surface area (TPSA) is 26.3 Å². The van der Waals surface area contributed by atoms with Crippen molar-refractivity contribution >= 4 is 33.7 Å². The van der Waals surface area contributed by atoms with Crippen LogP contribution >= 0.6 is 27.7 Å². The van der Waals surface area contributed by atoms with Crippen LogP contribution in [0.1, 0.15) is 13.8 Å². The van der Waals surface area contributed by atoms with Crippen molar-refractivity contribution < 1.29 is 9.53 Å². The molecule has 0 heterocycles. The number of hydrogen-bond donors (Lipinski definition) is 0. The smallest absolute Gasteiger partial charge is 0.319 e. The molecule has 1 atom stereocenters. The number of ether oxygens (including phenoxy) is 1. The number of thioether (sulfide) groups is 1. The summed E-state index contributed by atoms with van der Waals surface area (Å²) in [5.41, 5.74) is 0. The molecule has 0 amide bonds. The molecule has 4 heteroatoms. The van der Waals surface area contributed by atoms with Crippen LogP contribution in [-0.4, -0.2) is 17.8 Å². The molecule has 0 aliphatic rings. The molecular weight excluding hydrogens is 276 g/mol. The summed E-state index contributed by atoms with van der Waals surface area (Å²) in [6.07, 6.45) is 0. The molecule has 2 nitrogen and oxygen atoms in total. The van der Waals surface area contributed by atoms with Gasteiger partial charge >= 0.3 is 5.97 Å². The fourth-order valence-electron chi connectivity index (χ4n) is 1.05. The fourth-order valence-corrected chi connectivity index (χ4v) is 2.53. The molecule has 0 spiro atoms. The predicted molar refractivity (Wildman–Crippen MR) is 66.1 cm³/mol. The van der Waals surface area contributed by atoms with E-state index in [0.29, 0.717) is 6.61 Å². The molecule has 0 bridgehead atoms. The Balaban J connectivity index is 2.58. The lowest BCUT2D eigenvalue weighted by Crippen LogP contribution is -2.16. The number of esters is 1. The van der Waals surface area contributed by atoms with Crippen molar-refractivity contribution in [2.24, 2.45) is 0 Å². The normalized spacial score (nSPS) is 12.2. The second kappa shape index (κ2) is 6.18. The lowest BCUT2D eigenvalue weighted by molar-refractivity contribution is -0.142. The number of benzene rings is 1. The predicted octanol–water partition coefficient (Wildman–Crippen LogP) is 3.49. The average Bonchev–Trinajstić information content (AvgIpc) is 2.18. The van der Waals surface area contributed by atoms with Crippen LogP contribution < -0.4 is 0 Å². The monoisotopic (exact) mass is 288 g/mol. The maximum Gasteiger partial charge on any atom is 0.319 e. The van der Waals surface area contributed by atoms with Gasteiger partial charge in [-0.1, -0.05) is 22.0 Å². The number of rotatable bonds is 4. The number of hydrogen-bond acceptors (Lipinski definition) is 3. The third-order valence-electron chi connectivity index (χ3n) is 1.73. The lowest BCUT2D eigenvalue weighted by atomic mass is 10.4. The summed E-state index contributed by atoms with van der Waals surface area (Å²) < 4.78 is 5.95. The van der Waals surface area contributed by atoms with E-state index in [0.717, 1.165) is 9.37 Å². The maximum absolute atomic E-state index is 11.4. The Morgan fingerprint density at radius 1 is 1.60 bits per heavy atom. The lowest BCUT2D eigenvalue weighted by Gasteiger charge is -2.09. The van der Waals surface area contributed by atoms with Gasteiger partial charge in [-0.15, -0.1) is 11.8 Å². The molecule has 82 valence electrons. The Kier molecular flexibility index (Phi) is 5.19. The van der Waals surface area contributed by atoms with Gasteiger partial charge in [0, 0.05) is 9.37 Å². The Morgan fingerprint density at radius 2 is 2.33 bits per heavy atom. The summed E-state index contributed by atoms with van der Waals surface area (Å²) >= 11 is 4.89. The van der Waals surface area contributed by atoms with Gasteiger partial charge in [-0.2, -0.15) is 0 Å². The van der Waals surface area contributed by atoms with Gasteiger partial charge in [0.25, 0.3) is 0 Å². The van der Waals surface area contributed by atoms with E-state index in [4.69, 9.17) is 4.74 Å². The van der Waals surface area contributed by atoms with E-state index in [1.54, 1.807) is 0 Å². The third kappa shape index (κ3) is 4.26. The second-order valence-electron chi connectivity index (χ2n) is 2.97. The number of halogens is 1. The summed E-state index contributed by atoms with van der Waals surface area (Å²) in [6, 6.07) is 7.87. The molecule has 1 rings (SSSR count). The zero-order valence-electron chi connectivity index (χ0n) is 8.70. The summed E-state index contributed by atoms with van der Waals surface area (Å²) in [5.74, 6) is -0.164. The van der Waals surface area contributed by atoms with Crippen LogP contribution in [0.25, 0.3) is 0 Å². The first kappa shape index (κ1) is 12.6. The molecule has 1 aromatic carbocycles. The van der Waals surface area contributed by atoms with Gasteiger partial charge in [0.2, 0.25) is 0 Å². The molecule has 1 unspecified atom stereocenters.